The SMILES string of the molecule is CCNC(=NCC(C)c1cccc(C)c1)N1CCC(COCCOC)C1. The van der Waals surface area contributed by atoms with E-state index in [0.717, 1.165) is 45.2 Å². The number of nitrogens with zero attached hydrogens (tertiary/aromatic N) is 2. The quantitative estimate of drug-likeness (QED) is 0.417. The summed E-state index contributed by atoms with van der Waals surface area (Å²) in [6, 6.07) is 8.73. The zero-order valence-corrected chi connectivity index (χ0v) is 16.8. The van der Waals surface area contributed by atoms with E-state index in [1.807, 2.05) is 0 Å². The van der Waals surface area contributed by atoms with Gasteiger partial charge < -0.3 is 19.7 Å². The summed E-state index contributed by atoms with van der Waals surface area (Å²) >= 11 is 0. The van der Waals surface area contributed by atoms with E-state index in [1.54, 1.807) is 7.11 Å². The Bertz CT molecular complexity index is 562. The lowest BCUT2D eigenvalue weighted by atomic mass is 10.00. The van der Waals surface area contributed by atoms with Crippen molar-refractivity contribution >= 4 is 5.96 Å². The van der Waals surface area contributed by atoms with Gasteiger partial charge in [-0.05, 0) is 25.8 Å². The highest BCUT2D eigenvalue weighted by atomic mass is 16.5. The van der Waals surface area contributed by atoms with E-state index in [4.69, 9.17) is 14.5 Å². The largest absolute Gasteiger partial charge is 0.382 e. The first kappa shape index (κ1) is 20.7. The number of guanidine groups is 1. The van der Waals surface area contributed by atoms with Crippen molar-refractivity contribution in [3.63, 3.8) is 0 Å². The van der Waals surface area contributed by atoms with Crippen molar-refractivity contribution < 1.29 is 9.47 Å². The standard InChI is InChI=1S/C21H35N3O2/c1-5-22-21(23-14-18(3)20-8-6-7-17(2)13-20)24-10-9-19(15-24)16-26-12-11-25-4/h6-8,13,18-19H,5,9-12,14-16H2,1-4H3,(H,22,23). The number of aryl methyl sites for hydroxylation is 1. The van der Waals surface area contributed by atoms with Crippen LogP contribution in [0.2, 0.25) is 0 Å². The van der Waals surface area contributed by atoms with Crippen LogP contribution in [0.3, 0.4) is 0 Å². The minimum atomic E-state index is 0.416. The Hall–Kier alpha value is -1.59. The topological polar surface area (TPSA) is 46.1 Å². The number of likely N-dealkylation sites (tertiary alicyclic amines) is 1. The average molecular weight is 362 g/mol. The van der Waals surface area contributed by atoms with Crippen LogP contribution >= 0.6 is 0 Å². The predicted molar refractivity (Wildman–Crippen MR) is 108 cm³/mol. The Morgan fingerprint density at radius 1 is 1.38 bits per heavy atom. The molecular formula is C21H35N3O2. The molecule has 1 saturated heterocycles. The molecule has 1 N–H and O–H groups in total. The minimum absolute atomic E-state index is 0.416. The van der Waals surface area contributed by atoms with Crippen LogP contribution in [0.15, 0.2) is 29.3 Å². The van der Waals surface area contributed by atoms with Gasteiger partial charge in [0.2, 0.25) is 0 Å². The van der Waals surface area contributed by atoms with Gasteiger partial charge in [-0.15, -0.1) is 0 Å². The fraction of sp³-hybridized carbons (Fsp3) is 0.667. The van der Waals surface area contributed by atoms with Crippen molar-refractivity contribution in [1.29, 1.82) is 0 Å². The fourth-order valence-electron chi connectivity index (χ4n) is 3.28. The lowest BCUT2D eigenvalue weighted by molar-refractivity contribution is 0.0536. The van der Waals surface area contributed by atoms with Gasteiger partial charge in [0.1, 0.15) is 0 Å². The molecule has 1 aromatic rings. The predicted octanol–water partition coefficient (Wildman–Crippen LogP) is 3.05. The molecule has 0 radical (unpaired) electrons. The summed E-state index contributed by atoms with van der Waals surface area (Å²) in [5.41, 5.74) is 2.66. The van der Waals surface area contributed by atoms with Gasteiger partial charge in [0, 0.05) is 45.1 Å². The Balaban J connectivity index is 1.88. The van der Waals surface area contributed by atoms with Gasteiger partial charge in [-0.2, -0.15) is 0 Å². The molecule has 1 aliphatic rings. The van der Waals surface area contributed by atoms with Gasteiger partial charge in [-0.25, -0.2) is 0 Å². The van der Waals surface area contributed by atoms with Crippen LogP contribution in [0.5, 0.6) is 0 Å². The van der Waals surface area contributed by atoms with Crippen LogP contribution in [-0.4, -0.2) is 64.0 Å². The van der Waals surface area contributed by atoms with Crippen LogP contribution in [-0.2, 0) is 9.47 Å². The molecule has 0 amide bonds. The van der Waals surface area contributed by atoms with Crippen molar-refractivity contribution in [2.75, 3.05) is 53.1 Å². The van der Waals surface area contributed by atoms with Gasteiger partial charge in [0.05, 0.1) is 19.8 Å². The van der Waals surface area contributed by atoms with E-state index in [1.165, 1.54) is 11.1 Å². The normalized spacial score (nSPS) is 19.0. The highest BCUT2D eigenvalue weighted by Gasteiger charge is 2.25. The fourth-order valence-corrected chi connectivity index (χ4v) is 3.28. The first-order valence-corrected chi connectivity index (χ1v) is 9.80. The molecule has 1 aromatic carbocycles. The first-order valence-electron chi connectivity index (χ1n) is 9.80. The van der Waals surface area contributed by atoms with Crippen molar-refractivity contribution in [2.45, 2.75) is 33.1 Å². The van der Waals surface area contributed by atoms with Crippen molar-refractivity contribution in [2.24, 2.45) is 10.9 Å². The van der Waals surface area contributed by atoms with E-state index in [-0.39, 0.29) is 0 Å². The maximum Gasteiger partial charge on any atom is 0.193 e. The van der Waals surface area contributed by atoms with Crippen molar-refractivity contribution in [1.82, 2.24) is 10.2 Å². The van der Waals surface area contributed by atoms with Crippen molar-refractivity contribution in [3.8, 4) is 0 Å². The molecule has 0 spiro atoms. The zero-order valence-electron chi connectivity index (χ0n) is 16.8. The molecule has 2 rings (SSSR count). The third kappa shape index (κ3) is 6.61. The molecule has 146 valence electrons. The van der Waals surface area contributed by atoms with Gasteiger partial charge in [-0.1, -0.05) is 36.8 Å². The van der Waals surface area contributed by atoms with Crippen LogP contribution in [0.4, 0.5) is 0 Å². The minimum Gasteiger partial charge on any atom is -0.382 e. The molecule has 1 aliphatic heterocycles. The summed E-state index contributed by atoms with van der Waals surface area (Å²) in [7, 11) is 1.71. The number of hydrogen-bond donors (Lipinski definition) is 1. The molecule has 5 heteroatoms. The number of ether oxygens (including phenoxy) is 2. The summed E-state index contributed by atoms with van der Waals surface area (Å²) in [6.45, 7) is 12.4. The monoisotopic (exact) mass is 361 g/mol. The van der Waals surface area contributed by atoms with E-state index >= 15 is 0 Å². The maximum absolute atomic E-state index is 5.70. The first-order chi connectivity index (χ1) is 12.6. The maximum atomic E-state index is 5.70. The highest BCUT2D eigenvalue weighted by Crippen LogP contribution is 2.19. The van der Waals surface area contributed by atoms with Gasteiger partial charge >= 0.3 is 0 Å². The summed E-state index contributed by atoms with van der Waals surface area (Å²) in [4.78, 5) is 7.29. The molecule has 0 aromatic heterocycles. The lowest BCUT2D eigenvalue weighted by Gasteiger charge is -2.22. The molecule has 1 heterocycles. The number of methoxy groups -OCH3 is 1. The second kappa shape index (κ2) is 11.2. The summed E-state index contributed by atoms with van der Waals surface area (Å²) in [5.74, 6) is 2.02. The lowest BCUT2D eigenvalue weighted by Crippen LogP contribution is -2.40. The molecule has 1 fully saturated rings. The molecular weight excluding hydrogens is 326 g/mol. The molecule has 26 heavy (non-hydrogen) atoms. The summed E-state index contributed by atoms with van der Waals surface area (Å²) < 4.78 is 10.7. The Morgan fingerprint density at radius 2 is 2.23 bits per heavy atom. The van der Waals surface area contributed by atoms with Crippen molar-refractivity contribution in [3.05, 3.63) is 35.4 Å². The van der Waals surface area contributed by atoms with E-state index in [2.05, 4.69) is 55.3 Å². The summed E-state index contributed by atoms with van der Waals surface area (Å²) in [5, 5.41) is 3.45. The van der Waals surface area contributed by atoms with E-state index in [9.17, 15) is 0 Å². The number of benzene rings is 1. The van der Waals surface area contributed by atoms with Gasteiger partial charge in [0.15, 0.2) is 5.96 Å². The Kier molecular flexibility index (Phi) is 8.92. The van der Waals surface area contributed by atoms with E-state index < -0.39 is 0 Å². The number of rotatable bonds is 9. The highest BCUT2D eigenvalue weighted by molar-refractivity contribution is 5.80. The van der Waals surface area contributed by atoms with E-state index in [0.29, 0.717) is 25.0 Å². The van der Waals surface area contributed by atoms with Gasteiger partial charge in [0.25, 0.3) is 0 Å². The second-order valence-corrected chi connectivity index (χ2v) is 7.18. The molecule has 0 saturated carbocycles. The van der Waals surface area contributed by atoms with Crippen LogP contribution in [0.25, 0.3) is 0 Å². The third-order valence-electron chi connectivity index (χ3n) is 4.83. The number of nitrogens with one attached hydrogen (secondary N) is 1. The molecule has 5 nitrogen and oxygen atoms in total. The molecule has 2 unspecified atom stereocenters. The average Bonchev–Trinajstić information content (AvgIpc) is 3.11. The second-order valence-electron chi connectivity index (χ2n) is 7.18. The smallest absolute Gasteiger partial charge is 0.193 e. The third-order valence-corrected chi connectivity index (χ3v) is 4.83. The number of aliphatic imine (C=N–C) groups is 1. The Morgan fingerprint density at radius 3 is 2.96 bits per heavy atom. The Labute approximate surface area is 158 Å². The van der Waals surface area contributed by atoms with Gasteiger partial charge in [-0.3, -0.25) is 4.99 Å². The molecule has 0 bridgehead atoms. The number of hydrogen-bond acceptors (Lipinski definition) is 3. The zero-order chi connectivity index (χ0) is 18.8. The van der Waals surface area contributed by atoms with Crippen LogP contribution in [0.1, 0.15) is 37.3 Å². The molecule has 0 aliphatic carbocycles. The molecule has 2 atom stereocenters. The van der Waals surface area contributed by atoms with Crippen LogP contribution < -0.4 is 5.32 Å². The summed E-state index contributed by atoms with van der Waals surface area (Å²) in [6.07, 6.45) is 1.16. The van der Waals surface area contributed by atoms with Crippen LogP contribution in [0, 0.1) is 12.8 Å².